The highest BCUT2D eigenvalue weighted by atomic mass is 16.6. The first kappa shape index (κ1) is 22.1. The lowest BCUT2D eigenvalue weighted by Gasteiger charge is -2.40. The van der Waals surface area contributed by atoms with Crippen molar-refractivity contribution >= 4 is 23.4 Å². The molecule has 5 rings (SSSR count). The molecule has 1 aromatic heterocycles. The van der Waals surface area contributed by atoms with Gasteiger partial charge in [0.05, 0.1) is 17.4 Å². The third-order valence-electron chi connectivity index (χ3n) is 6.52. The molecule has 1 aliphatic heterocycles. The Morgan fingerprint density at radius 2 is 1.82 bits per heavy atom. The van der Waals surface area contributed by atoms with E-state index in [-0.39, 0.29) is 11.9 Å². The van der Waals surface area contributed by atoms with Crippen molar-refractivity contribution in [1.29, 1.82) is 0 Å². The van der Waals surface area contributed by atoms with Gasteiger partial charge in [-0.25, -0.2) is 4.79 Å². The van der Waals surface area contributed by atoms with E-state index in [0.717, 1.165) is 34.7 Å². The molecule has 0 bridgehead atoms. The van der Waals surface area contributed by atoms with Crippen molar-refractivity contribution in [3.63, 3.8) is 0 Å². The standard InChI is InChI=1S/C28H29N3O3/c1-18-5-4-6-25(13-18)34-28(33)30-17-19(2)31(20(3)32)26-12-10-22(15-27(26)30)23-9-11-24(29-16-23)14-21-7-8-21/h4-6,9-13,15-16,19,21H,7-8,14,17H2,1-3H3. The minimum atomic E-state index is -0.461. The summed E-state index contributed by atoms with van der Waals surface area (Å²) >= 11 is 0. The Morgan fingerprint density at radius 1 is 1.03 bits per heavy atom. The van der Waals surface area contributed by atoms with Crippen LogP contribution in [0.25, 0.3) is 11.1 Å². The monoisotopic (exact) mass is 455 g/mol. The Morgan fingerprint density at radius 3 is 2.50 bits per heavy atom. The normalized spacial score (nSPS) is 17.3. The molecule has 0 spiro atoms. The number of aromatic nitrogens is 1. The zero-order valence-corrected chi connectivity index (χ0v) is 19.8. The second-order valence-corrected chi connectivity index (χ2v) is 9.42. The maximum Gasteiger partial charge on any atom is 0.419 e. The second-order valence-electron chi connectivity index (χ2n) is 9.42. The first-order valence-electron chi connectivity index (χ1n) is 11.8. The van der Waals surface area contributed by atoms with Gasteiger partial charge in [-0.1, -0.05) is 24.3 Å². The van der Waals surface area contributed by atoms with E-state index in [4.69, 9.17) is 4.74 Å². The van der Waals surface area contributed by atoms with Crippen LogP contribution in [0.5, 0.6) is 5.75 Å². The summed E-state index contributed by atoms with van der Waals surface area (Å²) in [6.07, 6.45) is 5.07. The van der Waals surface area contributed by atoms with Gasteiger partial charge in [-0.15, -0.1) is 0 Å². The zero-order chi connectivity index (χ0) is 23.8. The van der Waals surface area contributed by atoms with E-state index in [1.165, 1.54) is 12.8 Å². The van der Waals surface area contributed by atoms with Crippen LogP contribution in [-0.4, -0.2) is 29.6 Å². The lowest BCUT2D eigenvalue weighted by Crippen LogP contribution is -2.52. The molecular formula is C28H29N3O3. The van der Waals surface area contributed by atoms with Crippen molar-refractivity contribution in [2.75, 3.05) is 16.3 Å². The van der Waals surface area contributed by atoms with E-state index in [2.05, 4.69) is 17.1 Å². The summed E-state index contributed by atoms with van der Waals surface area (Å²) in [4.78, 5) is 33.7. The average molecular weight is 456 g/mol. The number of amides is 2. The minimum Gasteiger partial charge on any atom is -0.410 e. The number of anilines is 2. The molecule has 6 nitrogen and oxygen atoms in total. The van der Waals surface area contributed by atoms with Crippen molar-refractivity contribution in [2.24, 2.45) is 5.92 Å². The van der Waals surface area contributed by atoms with Crippen LogP contribution in [0.15, 0.2) is 60.8 Å². The van der Waals surface area contributed by atoms with Crippen LogP contribution in [-0.2, 0) is 11.2 Å². The summed E-state index contributed by atoms with van der Waals surface area (Å²) in [7, 11) is 0. The SMILES string of the molecule is CC(=O)N1c2ccc(-c3ccc(CC4CC4)nc3)cc2N(C(=O)Oc2cccc(C)c2)CC1C. The number of aryl methyl sites for hydroxylation is 1. The van der Waals surface area contributed by atoms with Gasteiger partial charge in [0.25, 0.3) is 0 Å². The molecule has 3 aromatic rings. The summed E-state index contributed by atoms with van der Waals surface area (Å²) in [6, 6.07) is 17.2. The van der Waals surface area contributed by atoms with Crippen LogP contribution in [0.4, 0.5) is 16.2 Å². The molecule has 1 unspecified atom stereocenters. The maximum atomic E-state index is 13.3. The van der Waals surface area contributed by atoms with Crippen LogP contribution in [0, 0.1) is 12.8 Å². The highest BCUT2D eigenvalue weighted by Gasteiger charge is 2.35. The summed E-state index contributed by atoms with van der Waals surface area (Å²) in [6.45, 7) is 5.79. The number of hydrogen-bond donors (Lipinski definition) is 0. The summed E-state index contributed by atoms with van der Waals surface area (Å²) < 4.78 is 5.71. The average Bonchev–Trinajstić information content (AvgIpc) is 3.62. The van der Waals surface area contributed by atoms with Crippen molar-refractivity contribution in [1.82, 2.24) is 4.98 Å². The Hall–Kier alpha value is -3.67. The molecule has 34 heavy (non-hydrogen) atoms. The Bertz CT molecular complexity index is 1230. The number of carbonyl (C=O) groups is 2. The topological polar surface area (TPSA) is 62.7 Å². The fraction of sp³-hybridized carbons (Fsp3) is 0.321. The van der Waals surface area contributed by atoms with Crippen LogP contribution < -0.4 is 14.5 Å². The molecule has 0 N–H and O–H groups in total. The summed E-state index contributed by atoms with van der Waals surface area (Å²) in [5.41, 5.74) is 5.41. The Balaban J connectivity index is 1.48. The number of fused-ring (bicyclic) bond motifs is 1. The quantitative estimate of drug-likeness (QED) is 0.501. The summed E-state index contributed by atoms with van der Waals surface area (Å²) in [5, 5.41) is 0. The van der Waals surface area contributed by atoms with Gasteiger partial charge < -0.3 is 9.64 Å². The van der Waals surface area contributed by atoms with Gasteiger partial charge in [0.1, 0.15) is 5.75 Å². The smallest absolute Gasteiger partial charge is 0.410 e. The molecule has 2 aromatic carbocycles. The molecule has 1 aliphatic carbocycles. The van der Waals surface area contributed by atoms with E-state index in [1.807, 2.05) is 56.4 Å². The van der Waals surface area contributed by atoms with E-state index in [0.29, 0.717) is 23.7 Å². The lowest BCUT2D eigenvalue weighted by atomic mass is 10.0. The van der Waals surface area contributed by atoms with Crippen LogP contribution in [0.1, 0.15) is 37.9 Å². The van der Waals surface area contributed by atoms with Gasteiger partial charge in [-0.05, 0) is 80.5 Å². The molecule has 1 fully saturated rings. The number of rotatable bonds is 4. The molecule has 0 radical (unpaired) electrons. The Kier molecular flexibility index (Phi) is 5.82. The largest absolute Gasteiger partial charge is 0.419 e. The minimum absolute atomic E-state index is 0.0562. The molecule has 2 amide bonds. The van der Waals surface area contributed by atoms with E-state index in [1.54, 1.807) is 22.8 Å². The Labute approximate surface area is 200 Å². The third kappa shape index (κ3) is 4.53. The molecule has 2 aliphatic rings. The highest BCUT2D eigenvalue weighted by Crippen LogP contribution is 2.39. The molecule has 1 atom stereocenters. The second kappa shape index (κ2) is 8.93. The van der Waals surface area contributed by atoms with Gasteiger partial charge in [0, 0.05) is 30.9 Å². The van der Waals surface area contributed by atoms with Crippen LogP contribution in [0.2, 0.25) is 0 Å². The molecule has 1 saturated carbocycles. The number of pyridine rings is 1. The van der Waals surface area contributed by atoms with E-state index < -0.39 is 6.09 Å². The van der Waals surface area contributed by atoms with E-state index >= 15 is 0 Å². The third-order valence-corrected chi connectivity index (χ3v) is 6.52. The van der Waals surface area contributed by atoms with Crippen molar-refractivity contribution in [3.05, 3.63) is 72.1 Å². The van der Waals surface area contributed by atoms with Gasteiger partial charge in [0.15, 0.2) is 0 Å². The van der Waals surface area contributed by atoms with Crippen LogP contribution >= 0.6 is 0 Å². The molecule has 174 valence electrons. The predicted molar refractivity (Wildman–Crippen MR) is 133 cm³/mol. The fourth-order valence-electron chi connectivity index (χ4n) is 4.63. The van der Waals surface area contributed by atoms with E-state index in [9.17, 15) is 9.59 Å². The van der Waals surface area contributed by atoms with Crippen molar-refractivity contribution in [2.45, 2.75) is 46.1 Å². The maximum absolute atomic E-state index is 13.3. The number of nitrogens with zero attached hydrogens (tertiary/aromatic N) is 3. The van der Waals surface area contributed by atoms with Gasteiger partial charge >= 0.3 is 6.09 Å². The van der Waals surface area contributed by atoms with Crippen LogP contribution in [0.3, 0.4) is 0 Å². The van der Waals surface area contributed by atoms with Gasteiger partial charge in [-0.2, -0.15) is 0 Å². The predicted octanol–water partition coefficient (Wildman–Crippen LogP) is 5.77. The zero-order valence-electron chi connectivity index (χ0n) is 19.8. The first-order chi connectivity index (χ1) is 16.4. The highest BCUT2D eigenvalue weighted by molar-refractivity contribution is 6.03. The first-order valence-corrected chi connectivity index (χ1v) is 11.8. The molecule has 2 heterocycles. The van der Waals surface area contributed by atoms with Crippen molar-refractivity contribution < 1.29 is 14.3 Å². The number of ether oxygens (including phenoxy) is 1. The number of benzene rings is 2. The van der Waals surface area contributed by atoms with Gasteiger partial charge in [-0.3, -0.25) is 14.7 Å². The fourth-order valence-corrected chi connectivity index (χ4v) is 4.63. The molecule has 6 heteroatoms. The molecule has 0 saturated heterocycles. The lowest BCUT2D eigenvalue weighted by molar-refractivity contribution is -0.117. The molecular weight excluding hydrogens is 426 g/mol. The number of hydrogen-bond acceptors (Lipinski definition) is 4. The number of carbonyl (C=O) groups excluding carboxylic acids is 2. The van der Waals surface area contributed by atoms with Crippen molar-refractivity contribution in [3.8, 4) is 16.9 Å². The summed E-state index contributed by atoms with van der Waals surface area (Å²) in [5.74, 6) is 1.23. The van der Waals surface area contributed by atoms with Gasteiger partial charge in [0.2, 0.25) is 5.91 Å².